The van der Waals surface area contributed by atoms with Gasteiger partial charge in [0.1, 0.15) is 6.04 Å². The molecular formula is C24H39NO5. The number of unbranched alkanes of at least 4 members (excludes halogenated alkanes) is 13. The minimum Gasteiger partial charge on any atom is -0.421 e. The summed E-state index contributed by atoms with van der Waals surface area (Å²) in [6.07, 6.45) is 19.2. The van der Waals surface area contributed by atoms with E-state index in [-0.39, 0.29) is 24.4 Å². The third kappa shape index (κ3) is 11.9. The Morgan fingerprint density at radius 1 is 0.933 bits per heavy atom. The third-order valence-corrected chi connectivity index (χ3v) is 5.48. The quantitative estimate of drug-likeness (QED) is 0.0845. The second-order valence-electron chi connectivity index (χ2n) is 8.16. The van der Waals surface area contributed by atoms with Crippen LogP contribution < -0.4 is 5.32 Å². The Bertz CT molecular complexity index is 570. The van der Waals surface area contributed by atoms with Crippen LogP contribution in [0.25, 0.3) is 0 Å². The lowest BCUT2D eigenvalue weighted by molar-refractivity contribution is -0.145. The zero-order valence-corrected chi connectivity index (χ0v) is 18.6. The Morgan fingerprint density at radius 2 is 1.47 bits per heavy atom. The van der Waals surface area contributed by atoms with Crippen LogP contribution in [0.3, 0.4) is 0 Å². The number of rotatable bonds is 18. The van der Waals surface area contributed by atoms with Gasteiger partial charge in [0.15, 0.2) is 12.0 Å². The molecule has 6 nitrogen and oxygen atoms in total. The maximum Gasteiger partial charge on any atom is 0.334 e. The lowest BCUT2D eigenvalue weighted by atomic mass is 10.0. The van der Waals surface area contributed by atoms with E-state index >= 15 is 0 Å². The van der Waals surface area contributed by atoms with Crippen LogP contribution in [-0.4, -0.2) is 30.0 Å². The third-order valence-electron chi connectivity index (χ3n) is 5.48. The summed E-state index contributed by atoms with van der Waals surface area (Å²) in [5, 5.41) is 2.50. The van der Waals surface area contributed by atoms with Crippen molar-refractivity contribution in [3.63, 3.8) is 0 Å². The van der Waals surface area contributed by atoms with Crippen molar-refractivity contribution in [1.29, 1.82) is 0 Å². The number of carbonyl (C=O) groups is 4. The van der Waals surface area contributed by atoms with Gasteiger partial charge in [-0.2, -0.15) is 0 Å². The number of carbonyl (C=O) groups excluding carboxylic acids is 4. The van der Waals surface area contributed by atoms with Gasteiger partial charge in [0, 0.05) is 6.42 Å². The first-order valence-corrected chi connectivity index (χ1v) is 11.8. The zero-order valence-electron chi connectivity index (χ0n) is 18.6. The van der Waals surface area contributed by atoms with Crippen LogP contribution in [-0.2, 0) is 23.9 Å². The SMILES string of the molecule is CCCCCCCCCCCCCCCC=C(OC(=O)[C@@H]1CCC(=O)N1)C(=O)C=O. The Hall–Kier alpha value is -1.98. The molecule has 0 aromatic carbocycles. The fourth-order valence-electron chi connectivity index (χ4n) is 3.62. The zero-order chi connectivity index (χ0) is 22.0. The second-order valence-corrected chi connectivity index (χ2v) is 8.16. The summed E-state index contributed by atoms with van der Waals surface area (Å²) in [5.74, 6) is -1.97. The summed E-state index contributed by atoms with van der Waals surface area (Å²) < 4.78 is 5.08. The van der Waals surface area contributed by atoms with Crippen LogP contribution in [0.5, 0.6) is 0 Å². The van der Waals surface area contributed by atoms with Gasteiger partial charge in [-0.15, -0.1) is 0 Å². The molecule has 0 aliphatic carbocycles. The largest absolute Gasteiger partial charge is 0.421 e. The summed E-state index contributed by atoms with van der Waals surface area (Å²) in [4.78, 5) is 45.7. The van der Waals surface area contributed by atoms with E-state index in [4.69, 9.17) is 4.74 Å². The molecule has 0 aromatic heterocycles. The monoisotopic (exact) mass is 421 g/mol. The van der Waals surface area contributed by atoms with Crippen molar-refractivity contribution in [2.24, 2.45) is 0 Å². The lowest BCUT2D eigenvalue weighted by Gasteiger charge is -2.10. The highest BCUT2D eigenvalue weighted by Crippen LogP contribution is 2.15. The second kappa shape index (κ2) is 16.8. The van der Waals surface area contributed by atoms with Crippen molar-refractivity contribution < 1.29 is 23.9 Å². The van der Waals surface area contributed by atoms with E-state index in [1.807, 2.05) is 0 Å². The Kier molecular flexibility index (Phi) is 14.6. The van der Waals surface area contributed by atoms with Crippen LogP contribution in [0.2, 0.25) is 0 Å². The van der Waals surface area contributed by atoms with Crippen molar-refractivity contribution >= 4 is 23.9 Å². The average Bonchev–Trinajstić information content (AvgIpc) is 3.18. The van der Waals surface area contributed by atoms with E-state index in [9.17, 15) is 19.2 Å². The van der Waals surface area contributed by atoms with Gasteiger partial charge in [-0.25, -0.2) is 4.79 Å². The summed E-state index contributed by atoms with van der Waals surface area (Å²) in [6, 6.07) is -0.739. The lowest BCUT2D eigenvalue weighted by Crippen LogP contribution is -2.35. The molecule has 0 bridgehead atoms. The van der Waals surface area contributed by atoms with Gasteiger partial charge in [-0.05, 0) is 25.3 Å². The number of ether oxygens (including phenoxy) is 1. The molecule has 30 heavy (non-hydrogen) atoms. The van der Waals surface area contributed by atoms with E-state index in [1.165, 1.54) is 70.3 Å². The fourth-order valence-corrected chi connectivity index (χ4v) is 3.62. The number of amides is 1. The maximum atomic E-state index is 12.0. The van der Waals surface area contributed by atoms with E-state index in [1.54, 1.807) is 0 Å². The Labute approximate surface area is 181 Å². The van der Waals surface area contributed by atoms with Crippen LogP contribution in [0.1, 0.15) is 110 Å². The molecule has 1 rings (SSSR count). The van der Waals surface area contributed by atoms with Gasteiger partial charge in [-0.1, -0.05) is 84.0 Å². The molecule has 1 saturated heterocycles. The highest BCUT2D eigenvalue weighted by molar-refractivity contribution is 6.32. The van der Waals surface area contributed by atoms with Gasteiger partial charge >= 0.3 is 5.97 Å². The molecular weight excluding hydrogens is 382 g/mol. The van der Waals surface area contributed by atoms with Crippen LogP contribution >= 0.6 is 0 Å². The molecule has 170 valence electrons. The van der Waals surface area contributed by atoms with Crippen LogP contribution in [0.4, 0.5) is 0 Å². The molecule has 1 aliphatic heterocycles. The average molecular weight is 422 g/mol. The number of hydrogen-bond acceptors (Lipinski definition) is 5. The summed E-state index contributed by atoms with van der Waals surface area (Å²) >= 11 is 0. The van der Waals surface area contributed by atoms with Gasteiger partial charge in [0.25, 0.3) is 5.78 Å². The Balaban J connectivity index is 2.11. The first-order chi connectivity index (χ1) is 14.6. The molecule has 6 heteroatoms. The topological polar surface area (TPSA) is 89.5 Å². The van der Waals surface area contributed by atoms with Gasteiger partial charge in [0.05, 0.1) is 0 Å². The maximum absolute atomic E-state index is 12.0. The molecule has 1 amide bonds. The summed E-state index contributed by atoms with van der Waals surface area (Å²) in [6.45, 7) is 2.24. The van der Waals surface area contributed by atoms with E-state index in [0.717, 1.165) is 19.3 Å². The highest BCUT2D eigenvalue weighted by atomic mass is 16.5. The first-order valence-electron chi connectivity index (χ1n) is 11.8. The van der Waals surface area contributed by atoms with E-state index in [2.05, 4.69) is 12.2 Å². The van der Waals surface area contributed by atoms with Crippen molar-refractivity contribution in [2.75, 3.05) is 0 Å². The first kappa shape index (κ1) is 26.1. The van der Waals surface area contributed by atoms with Gasteiger partial charge in [0.2, 0.25) is 5.91 Å². The number of esters is 1. The molecule has 1 heterocycles. The minimum atomic E-state index is -0.845. The molecule has 0 saturated carbocycles. The molecule has 0 spiro atoms. The molecule has 1 aliphatic rings. The predicted molar refractivity (Wildman–Crippen MR) is 117 cm³/mol. The van der Waals surface area contributed by atoms with E-state index < -0.39 is 17.8 Å². The van der Waals surface area contributed by atoms with Crippen molar-refractivity contribution in [3.8, 4) is 0 Å². The minimum absolute atomic E-state index is 0.149. The normalized spacial score (nSPS) is 16.4. The molecule has 1 fully saturated rings. The molecule has 0 unspecified atom stereocenters. The Morgan fingerprint density at radius 3 is 1.93 bits per heavy atom. The number of hydrogen-bond donors (Lipinski definition) is 1. The van der Waals surface area contributed by atoms with Gasteiger partial charge < -0.3 is 10.1 Å². The predicted octanol–water partition coefficient (Wildman–Crippen LogP) is 4.94. The number of ketones is 1. The van der Waals surface area contributed by atoms with Gasteiger partial charge in [-0.3, -0.25) is 14.4 Å². The number of Topliss-reactive ketones (excluding diaryl/α,β-unsaturated/α-hetero) is 1. The molecule has 1 atom stereocenters. The number of nitrogens with one attached hydrogen (secondary N) is 1. The number of aldehydes is 1. The highest BCUT2D eigenvalue weighted by Gasteiger charge is 2.30. The van der Waals surface area contributed by atoms with E-state index in [0.29, 0.717) is 12.8 Å². The molecule has 0 aromatic rings. The van der Waals surface area contributed by atoms with Crippen molar-refractivity contribution in [2.45, 2.75) is 116 Å². The van der Waals surface area contributed by atoms with Crippen molar-refractivity contribution in [1.82, 2.24) is 5.32 Å². The fraction of sp³-hybridized carbons (Fsp3) is 0.750. The molecule has 0 radical (unpaired) electrons. The smallest absolute Gasteiger partial charge is 0.334 e. The standard InChI is InChI=1S/C24H39NO5/c1-2-3-4-5-6-7-8-9-10-11-12-13-14-15-16-22(21(27)19-26)30-24(29)20-17-18-23(28)25-20/h16,19-20H,2-15,17-18H2,1H3,(H,25,28)/t20-/m0/s1. The molecule has 1 N–H and O–H groups in total. The van der Waals surface area contributed by atoms with Crippen molar-refractivity contribution in [3.05, 3.63) is 11.8 Å². The summed E-state index contributed by atoms with van der Waals surface area (Å²) in [7, 11) is 0. The van der Waals surface area contributed by atoms with Crippen LogP contribution in [0.15, 0.2) is 11.8 Å². The summed E-state index contributed by atoms with van der Waals surface area (Å²) in [5.41, 5.74) is 0. The van der Waals surface area contributed by atoms with Crippen LogP contribution in [0, 0.1) is 0 Å². The number of allylic oxidation sites excluding steroid dienone is 2.